The summed E-state index contributed by atoms with van der Waals surface area (Å²) in [6, 6.07) is 19.1. The molecule has 2 heteroatoms. The van der Waals surface area contributed by atoms with Crippen LogP contribution in [0.15, 0.2) is 60.7 Å². The van der Waals surface area contributed by atoms with E-state index in [1.807, 2.05) is 24.3 Å². The van der Waals surface area contributed by atoms with Crippen molar-refractivity contribution in [1.29, 1.82) is 0 Å². The van der Waals surface area contributed by atoms with Crippen LogP contribution in [-0.2, 0) is 11.2 Å². The van der Waals surface area contributed by atoms with Crippen molar-refractivity contribution in [2.45, 2.75) is 6.42 Å². The molecule has 0 fully saturated rings. The molecule has 0 aliphatic rings. The van der Waals surface area contributed by atoms with Crippen molar-refractivity contribution in [3.63, 3.8) is 0 Å². The van der Waals surface area contributed by atoms with Crippen molar-refractivity contribution >= 4 is 0 Å². The molecule has 0 saturated heterocycles. The second-order valence-corrected chi connectivity index (χ2v) is 3.56. The van der Waals surface area contributed by atoms with Gasteiger partial charge in [-0.25, -0.2) is 0 Å². The number of hydrogen-bond donors (Lipinski definition) is 1. The molecule has 0 saturated carbocycles. The standard InChI is InChI=1S/C9H12O.C6H6O/c1-10-8-7-9-5-3-2-4-6-9;7-6-4-2-1-3-5-6/h2-6H,7-8H2,1H3;1-5,7H. The lowest BCUT2D eigenvalue weighted by molar-refractivity contribution is 0.202. The quantitative estimate of drug-likeness (QED) is 0.877. The van der Waals surface area contributed by atoms with Gasteiger partial charge in [0.2, 0.25) is 0 Å². The second kappa shape index (κ2) is 8.36. The maximum Gasteiger partial charge on any atom is 0.115 e. The van der Waals surface area contributed by atoms with Crippen LogP contribution in [-0.4, -0.2) is 18.8 Å². The number of phenols is 1. The van der Waals surface area contributed by atoms with Gasteiger partial charge in [-0.3, -0.25) is 0 Å². The molecule has 0 bridgehead atoms. The summed E-state index contributed by atoms with van der Waals surface area (Å²) >= 11 is 0. The molecule has 0 aromatic heterocycles. The normalized spacial score (nSPS) is 9.24. The zero-order valence-electron chi connectivity index (χ0n) is 10.0. The first-order valence-electron chi connectivity index (χ1n) is 5.60. The van der Waals surface area contributed by atoms with Gasteiger partial charge >= 0.3 is 0 Å². The molecule has 2 aromatic carbocycles. The van der Waals surface area contributed by atoms with Gasteiger partial charge < -0.3 is 9.84 Å². The van der Waals surface area contributed by atoms with Crippen LogP contribution in [0.2, 0.25) is 0 Å². The predicted octanol–water partition coefficient (Wildman–Crippen LogP) is 3.27. The minimum absolute atomic E-state index is 0.322. The molecule has 0 amide bonds. The van der Waals surface area contributed by atoms with Crippen molar-refractivity contribution in [2.75, 3.05) is 13.7 Å². The first-order chi connectivity index (χ1) is 8.33. The summed E-state index contributed by atoms with van der Waals surface area (Å²) in [5.74, 6) is 0.322. The molecule has 2 aromatic rings. The minimum Gasteiger partial charge on any atom is -0.508 e. The minimum atomic E-state index is 0.322. The van der Waals surface area contributed by atoms with Gasteiger partial charge in [0.1, 0.15) is 5.75 Å². The predicted molar refractivity (Wildman–Crippen MR) is 70.1 cm³/mol. The van der Waals surface area contributed by atoms with E-state index in [0.29, 0.717) is 5.75 Å². The Labute approximate surface area is 102 Å². The molecule has 0 aliphatic carbocycles. The van der Waals surface area contributed by atoms with E-state index >= 15 is 0 Å². The van der Waals surface area contributed by atoms with E-state index in [-0.39, 0.29) is 0 Å². The van der Waals surface area contributed by atoms with Gasteiger partial charge in [0, 0.05) is 7.11 Å². The Morgan fingerprint density at radius 2 is 1.41 bits per heavy atom. The van der Waals surface area contributed by atoms with E-state index in [1.165, 1.54) is 5.56 Å². The Bertz CT molecular complexity index is 384. The average molecular weight is 230 g/mol. The zero-order chi connectivity index (χ0) is 12.3. The van der Waals surface area contributed by atoms with Crippen LogP contribution in [0, 0.1) is 0 Å². The molecular weight excluding hydrogens is 212 g/mol. The second-order valence-electron chi connectivity index (χ2n) is 3.56. The lowest BCUT2D eigenvalue weighted by Crippen LogP contribution is -1.92. The van der Waals surface area contributed by atoms with Crippen molar-refractivity contribution in [3.05, 3.63) is 66.2 Å². The number of phenolic OH excluding ortho intramolecular Hbond substituents is 1. The van der Waals surface area contributed by atoms with E-state index in [9.17, 15) is 0 Å². The van der Waals surface area contributed by atoms with E-state index in [0.717, 1.165) is 13.0 Å². The molecule has 0 radical (unpaired) electrons. The van der Waals surface area contributed by atoms with Crippen LogP contribution < -0.4 is 0 Å². The first-order valence-corrected chi connectivity index (χ1v) is 5.60. The molecule has 0 spiro atoms. The average Bonchev–Trinajstić information content (AvgIpc) is 2.39. The topological polar surface area (TPSA) is 29.5 Å². The molecule has 0 unspecified atom stereocenters. The highest BCUT2D eigenvalue weighted by Gasteiger charge is 1.87. The fourth-order valence-corrected chi connectivity index (χ4v) is 1.29. The summed E-state index contributed by atoms with van der Waals surface area (Å²) in [6.45, 7) is 0.810. The number of aromatic hydroxyl groups is 1. The van der Waals surface area contributed by atoms with Crippen LogP contribution >= 0.6 is 0 Å². The largest absolute Gasteiger partial charge is 0.508 e. The molecule has 0 heterocycles. The maximum absolute atomic E-state index is 8.63. The molecule has 2 rings (SSSR count). The van der Waals surface area contributed by atoms with Crippen molar-refractivity contribution in [2.24, 2.45) is 0 Å². The van der Waals surface area contributed by atoms with E-state index in [4.69, 9.17) is 9.84 Å². The number of benzene rings is 2. The Balaban J connectivity index is 0.000000181. The third-order valence-electron chi connectivity index (χ3n) is 2.19. The SMILES string of the molecule is COCCc1ccccc1.Oc1ccccc1. The van der Waals surface area contributed by atoms with Crippen molar-refractivity contribution in [3.8, 4) is 5.75 Å². The van der Waals surface area contributed by atoms with E-state index in [2.05, 4.69) is 12.1 Å². The summed E-state index contributed by atoms with van der Waals surface area (Å²) in [7, 11) is 1.73. The number of rotatable bonds is 3. The molecule has 17 heavy (non-hydrogen) atoms. The van der Waals surface area contributed by atoms with Gasteiger partial charge in [-0.1, -0.05) is 48.5 Å². The third kappa shape index (κ3) is 6.38. The van der Waals surface area contributed by atoms with Crippen LogP contribution in [0.1, 0.15) is 5.56 Å². The van der Waals surface area contributed by atoms with Gasteiger partial charge in [-0.2, -0.15) is 0 Å². The zero-order valence-corrected chi connectivity index (χ0v) is 10.0. The fourth-order valence-electron chi connectivity index (χ4n) is 1.29. The van der Waals surface area contributed by atoms with E-state index in [1.54, 1.807) is 31.4 Å². The smallest absolute Gasteiger partial charge is 0.115 e. The highest BCUT2D eigenvalue weighted by molar-refractivity contribution is 5.18. The summed E-state index contributed by atoms with van der Waals surface area (Å²) in [6.07, 6.45) is 1.01. The van der Waals surface area contributed by atoms with Gasteiger partial charge in [-0.15, -0.1) is 0 Å². The van der Waals surface area contributed by atoms with Crippen LogP contribution in [0.4, 0.5) is 0 Å². The molecule has 2 nitrogen and oxygen atoms in total. The number of ether oxygens (including phenoxy) is 1. The van der Waals surface area contributed by atoms with Gasteiger partial charge in [-0.05, 0) is 24.1 Å². The molecule has 0 atom stereocenters. The van der Waals surface area contributed by atoms with E-state index < -0.39 is 0 Å². The summed E-state index contributed by atoms with van der Waals surface area (Å²) in [4.78, 5) is 0. The summed E-state index contributed by atoms with van der Waals surface area (Å²) < 4.78 is 4.95. The highest BCUT2D eigenvalue weighted by atomic mass is 16.5. The maximum atomic E-state index is 8.63. The number of methoxy groups -OCH3 is 1. The molecule has 90 valence electrons. The third-order valence-corrected chi connectivity index (χ3v) is 2.19. The molecule has 0 aliphatic heterocycles. The number of para-hydroxylation sites is 1. The molecule has 1 N–H and O–H groups in total. The number of hydrogen-bond acceptors (Lipinski definition) is 2. The van der Waals surface area contributed by atoms with Gasteiger partial charge in [0.05, 0.1) is 6.61 Å². The first kappa shape index (κ1) is 13.3. The van der Waals surface area contributed by atoms with Crippen LogP contribution in [0.5, 0.6) is 5.75 Å². The fraction of sp³-hybridized carbons (Fsp3) is 0.200. The summed E-state index contributed by atoms with van der Waals surface area (Å²) in [5, 5.41) is 8.63. The van der Waals surface area contributed by atoms with Crippen LogP contribution in [0.25, 0.3) is 0 Å². The summed E-state index contributed by atoms with van der Waals surface area (Å²) in [5.41, 5.74) is 1.34. The molecular formula is C15H18O2. The van der Waals surface area contributed by atoms with Gasteiger partial charge in [0.15, 0.2) is 0 Å². The van der Waals surface area contributed by atoms with Gasteiger partial charge in [0.25, 0.3) is 0 Å². The Kier molecular flexibility index (Phi) is 6.53. The Morgan fingerprint density at radius 1 is 0.882 bits per heavy atom. The monoisotopic (exact) mass is 230 g/mol. The van der Waals surface area contributed by atoms with Crippen molar-refractivity contribution < 1.29 is 9.84 Å². The Hall–Kier alpha value is -1.80. The highest BCUT2D eigenvalue weighted by Crippen LogP contribution is 2.02. The van der Waals surface area contributed by atoms with Crippen molar-refractivity contribution in [1.82, 2.24) is 0 Å². The lowest BCUT2D eigenvalue weighted by atomic mass is 10.2. The van der Waals surface area contributed by atoms with Crippen LogP contribution in [0.3, 0.4) is 0 Å². The Morgan fingerprint density at radius 3 is 1.82 bits per heavy atom. The lowest BCUT2D eigenvalue weighted by Gasteiger charge is -1.97.